The largest absolute Gasteiger partial charge is 0.396 e. The lowest BCUT2D eigenvalue weighted by Gasteiger charge is -1.89. The van der Waals surface area contributed by atoms with Gasteiger partial charge in [-0.25, -0.2) is 0 Å². The van der Waals surface area contributed by atoms with Crippen LogP contribution in [0.2, 0.25) is 0 Å². The molecule has 0 aliphatic carbocycles. The Hall–Kier alpha value is -0.410. The normalized spacial score (nSPS) is 9.89. The van der Waals surface area contributed by atoms with Gasteiger partial charge in [0, 0.05) is 17.7 Å². The Morgan fingerprint density at radius 3 is 3.11 bits per heavy atom. The molecule has 0 amide bonds. The summed E-state index contributed by atoms with van der Waals surface area (Å²) < 4.78 is 0. The van der Waals surface area contributed by atoms with Gasteiger partial charge in [0.15, 0.2) is 0 Å². The molecule has 0 aliphatic heterocycles. The van der Waals surface area contributed by atoms with Gasteiger partial charge in [0.25, 0.3) is 0 Å². The average Bonchev–Trinajstić information content (AvgIpc) is 2.34. The molecule has 1 heterocycles. The first-order chi connectivity index (χ1) is 4.43. The number of aryl methyl sites for hydroxylation is 1. The zero-order valence-corrected chi connectivity index (χ0v) is 5.90. The monoisotopic (exact) mass is 143 g/mol. The third-order valence-electron chi connectivity index (χ3n) is 1.06. The van der Waals surface area contributed by atoms with Gasteiger partial charge in [0.2, 0.25) is 0 Å². The molecule has 0 atom stereocenters. The van der Waals surface area contributed by atoms with Crippen molar-refractivity contribution in [2.24, 2.45) is 0 Å². The van der Waals surface area contributed by atoms with Crippen molar-refractivity contribution in [2.45, 2.75) is 12.8 Å². The molecule has 0 aliphatic rings. The third-order valence-corrected chi connectivity index (χ3v) is 1.90. The second-order valence-electron chi connectivity index (χ2n) is 1.79. The fourth-order valence-electron chi connectivity index (χ4n) is 0.619. The van der Waals surface area contributed by atoms with Crippen LogP contribution in [-0.2, 0) is 6.42 Å². The molecule has 50 valence electrons. The lowest BCUT2D eigenvalue weighted by Crippen LogP contribution is -1.84. The van der Waals surface area contributed by atoms with Gasteiger partial charge in [-0.2, -0.15) is 0 Å². The van der Waals surface area contributed by atoms with Crippen LogP contribution < -0.4 is 0 Å². The van der Waals surface area contributed by atoms with E-state index in [-0.39, 0.29) is 6.61 Å². The third kappa shape index (κ3) is 2.11. The van der Waals surface area contributed by atoms with Crippen molar-refractivity contribution in [3.63, 3.8) is 0 Å². The summed E-state index contributed by atoms with van der Waals surface area (Å²) in [6, 6.07) is 0. The van der Waals surface area contributed by atoms with E-state index in [1.54, 1.807) is 11.3 Å². The maximum absolute atomic E-state index is 8.45. The molecule has 0 unspecified atom stereocenters. The Bertz CT molecular complexity index is 150. The van der Waals surface area contributed by atoms with E-state index < -0.39 is 0 Å². The fraction of sp³-hybridized carbons (Fsp3) is 0.500. The topological polar surface area (TPSA) is 33.1 Å². The van der Waals surface area contributed by atoms with Crippen molar-refractivity contribution in [2.75, 3.05) is 6.61 Å². The van der Waals surface area contributed by atoms with Crippen LogP contribution in [0.3, 0.4) is 0 Å². The summed E-state index contributed by atoms with van der Waals surface area (Å²) in [5, 5.41) is 8.45. The van der Waals surface area contributed by atoms with Crippen LogP contribution in [-0.4, -0.2) is 16.7 Å². The quantitative estimate of drug-likeness (QED) is 0.686. The number of thiazole rings is 1. The van der Waals surface area contributed by atoms with Crippen molar-refractivity contribution in [3.8, 4) is 0 Å². The first-order valence-corrected chi connectivity index (χ1v) is 3.79. The van der Waals surface area contributed by atoms with Crippen molar-refractivity contribution < 1.29 is 5.11 Å². The standard InChI is InChI=1S/C6H9NOS/c8-3-1-2-6-4-7-5-9-6/h4-5,8H,1-3H2. The summed E-state index contributed by atoms with van der Waals surface area (Å²) >= 11 is 1.64. The van der Waals surface area contributed by atoms with Crippen molar-refractivity contribution in [1.82, 2.24) is 4.98 Å². The molecule has 1 aromatic heterocycles. The Kier molecular flexibility index (Phi) is 2.67. The van der Waals surface area contributed by atoms with E-state index in [1.165, 1.54) is 4.88 Å². The van der Waals surface area contributed by atoms with Gasteiger partial charge in [0.1, 0.15) is 0 Å². The summed E-state index contributed by atoms with van der Waals surface area (Å²) in [7, 11) is 0. The molecule has 1 rings (SSSR count). The van der Waals surface area contributed by atoms with Gasteiger partial charge in [-0.3, -0.25) is 4.98 Å². The molecule has 9 heavy (non-hydrogen) atoms. The fourth-order valence-corrected chi connectivity index (χ4v) is 1.26. The number of hydrogen-bond donors (Lipinski definition) is 1. The van der Waals surface area contributed by atoms with Gasteiger partial charge in [-0.15, -0.1) is 11.3 Å². The van der Waals surface area contributed by atoms with Crippen LogP contribution in [0.4, 0.5) is 0 Å². The maximum Gasteiger partial charge on any atom is 0.0794 e. The first-order valence-electron chi connectivity index (χ1n) is 2.91. The molecule has 0 fully saturated rings. The van der Waals surface area contributed by atoms with Crippen LogP contribution in [0.5, 0.6) is 0 Å². The Labute approximate surface area is 58.2 Å². The minimum atomic E-state index is 0.276. The van der Waals surface area contributed by atoms with Gasteiger partial charge in [-0.05, 0) is 12.8 Å². The summed E-state index contributed by atoms with van der Waals surface area (Å²) in [6.07, 6.45) is 3.66. The summed E-state index contributed by atoms with van der Waals surface area (Å²) in [5.41, 5.74) is 1.81. The van der Waals surface area contributed by atoms with Gasteiger partial charge in [-0.1, -0.05) is 0 Å². The van der Waals surface area contributed by atoms with E-state index in [0.29, 0.717) is 0 Å². The molecule has 0 saturated carbocycles. The molecule has 2 nitrogen and oxygen atoms in total. The van der Waals surface area contributed by atoms with E-state index in [9.17, 15) is 0 Å². The predicted octanol–water partition coefficient (Wildman–Crippen LogP) is 1.07. The molecular formula is C6H9NOS. The first kappa shape index (κ1) is 6.71. The lowest BCUT2D eigenvalue weighted by atomic mass is 10.3. The van der Waals surface area contributed by atoms with Gasteiger partial charge in [0.05, 0.1) is 5.51 Å². The van der Waals surface area contributed by atoms with Crippen LogP contribution in [0.1, 0.15) is 11.3 Å². The molecular weight excluding hydrogens is 134 g/mol. The number of aliphatic hydroxyl groups excluding tert-OH is 1. The maximum atomic E-state index is 8.45. The minimum absolute atomic E-state index is 0.276. The minimum Gasteiger partial charge on any atom is -0.396 e. The molecule has 0 saturated heterocycles. The highest BCUT2D eigenvalue weighted by molar-refractivity contribution is 7.09. The summed E-state index contributed by atoms with van der Waals surface area (Å²) in [5.74, 6) is 0. The van der Waals surface area contributed by atoms with E-state index >= 15 is 0 Å². The second-order valence-corrected chi connectivity index (χ2v) is 2.77. The van der Waals surface area contributed by atoms with E-state index in [4.69, 9.17) is 5.11 Å². The van der Waals surface area contributed by atoms with Crippen LogP contribution in [0.25, 0.3) is 0 Å². The number of rotatable bonds is 3. The molecule has 1 N–H and O–H groups in total. The smallest absolute Gasteiger partial charge is 0.0794 e. The van der Waals surface area contributed by atoms with E-state index in [0.717, 1.165) is 12.8 Å². The van der Waals surface area contributed by atoms with Crippen molar-refractivity contribution in [1.29, 1.82) is 0 Å². The summed E-state index contributed by atoms with van der Waals surface area (Å²) in [4.78, 5) is 5.17. The van der Waals surface area contributed by atoms with E-state index in [1.807, 2.05) is 11.7 Å². The number of hydrogen-bond acceptors (Lipinski definition) is 3. The van der Waals surface area contributed by atoms with Crippen molar-refractivity contribution >= 4 is 11.3 Å². The highest BCUT2D eigenvalue weighted by atomic mass is 32.1. The Morgan fingerprint density at radius 1 is 1.67 bits per heavy atom. The molecule has 0 spiro atoms. The lowest BCUT2D eigenvalue weighted by molar-refractivity contribution is 0.289. The number of aromatic nitrogens is 1. The van der Waals surface area contributed by atoms with Crippen molar-refractivity contribution in [3.05, 3.63) is 16.6 Å². The molecule has 3 heteroatoms. The molecule has 0 radical (unpaired) electrons. The van der Waals surface area contributed by atoms with Crippen LogP contribution in [0, 0.1) is 0 Å². The Morgan fingerprint density at radius 2 is 2.56 bits per heavy atom. The highest BCUT2D eigenvalue weighted by Gasteiger charge is 1.91. The second kappa shape index (κ2) is 3.58. The summed E-state index contributed by atoms with van der Waals surface area (Å²) in [6.45, 7) is 0.276. The SMILES string of the molecule is OCCCc1cncs1. The Balaban J connectivity index is 2.30. The predicted molar refractivity (Wildman–Crippen MR) is 37.5 cm³/mol. The van der Waals surface area contributed by atoms with Crippen LogP contribution >= 0.6 is 11.3 Å². The average molecular weight is 143 g/mol. The van der Waals surface area contributed by atoms with Gasteiger partial charge < -0.3 is 5.11 Å². The number of nitrogens with zero attached hydrogens (tertiary/aromatic N) is 1. The number of aliphatic hydroxyl groups is 1. The zero-order valence-electron chi connectivity index (χ0n) is 5.08. The zero-order chi connectivity index (χ0) is 6.53. The van der Waals surface area contributed by atoms with Crippen LogP contribution in [0.15, 0.2) is 11.7 Å². The molecule has 0 bridgehead atoms. The molecule has 1 aromatic rings. The molecule has 0 aromatic carbocycles. The highest BCUT2D eigenvalue weighted by Crippen LogP contribution is 2.07. The van der Waals surface area contributed by atoms with Gasteiger partial charge >= 0.3 is 0 Å². The van der Waals surface area contributed by atoms with E-state index in [2.05, 4.69) is 4.98 Å².